The summed E-state index contributed by atoms with van der Waals surface area (Å²) in [5.41, 5.74) is 0.251. The second-order valence-electron chi connectivity index (χ2n) is 7.34. The molecule has 3 unspecified atom stereocenters. The van der Waals surface area contributed by atoms with Crippen molar-refractivity contribution in [2.24, 2.45) is 0 Å². The number of urea groups is 1. The molecule has 0 spiro atoms. The molecule has 142 valence electrons. The molecule has 0 aliphatic carbocycles. The maximum absolute atomic E-state index is 13.2. The molecule has 3 fully saturated rings. The normalized spacial score (nSPS) is 25.8. The number of benzene rings is 2. The van der Waals surface area contributed by atoms with Crippen LogP contribution >= 0.6 is 0 Å². The SMILES string of the molecule is CC(=O)N1CC2CC1C1C(=O)N(c3ccc([N+](=O)[O-])c4ccccc34)C(=O)N21. The zero-order valence-electron chi connectivity index (χ0n) is 14.9. The van der Waals surface area contributed by atoms with Crippen LogP contribution in [0.5, 0.6) is 0 Å². The number of likely N-dealkylation sites (tertiary alicyclic amines) is 1. The Balaban J connectivity index is 1.62. The van der Waals surface area contributed by atoms with E-state index in [9.17, 15) is 24.5 Å². The molecule has 28 heavy (non-hydrogen) atoms. The van der Waals surface area contributed by atoms with Crippen molar-refractivity contribution < 1.29 is 19.3 Å². The lowest BCUT2D eigenvalue weighted by Gasteiger charge is -2.34. The number of piperazine rings is 1. The Bertz CT molecular complexity index is 1080. The molecule has 0 N–H and O–H groups in total. The van der Waals surface area contributed by atoms with Crippen LogP contribution in [0, 0.1) is 10.1 Å². The average Bonchev–Trinajstić information content (AvgIpc) is 3.33. The summed E-state index contributed by atoms with van der Waals surface area (Å²) in [6.45, 7) is 1.90. The lowest BCUT2D eigenvalue weighted by atomic mass is 10.0. The molecule has 9 nitrogen and oxygen atoms in total. The molecule has 2 bridgehead atoms. The van der Waals surface area contributed by atoms with E-state index in [-0.39, 0.29) is 29.6 Å². The molecular weight excluding hydrogens is 364 g/mol. The van der Waals surface area contributed by atoms with Gasteiger partial charge >= 0.3 is 6.03 Å². The van der Waals surface area contributed by atoms with Crippen molar-refractivity contribution in [3.8, 4) is 0 Å². The topological polar surface area (TPSA) is 104 Å². The maximum Gasteiger partial charge on any atom is 0.332 e. The molecule has 3 saturated heterocycles. The monoisotopic (exact) mass is 380 g/mol. The van der Waals surface area contributed by atoms with E-state index in [4.69, 9.17) is 0 Å². The van der Waals surface area contributed by atoms with Gasteiger partial charge in [0.1, 0.15) is 6.04 Å². The fraction of sp³-hybridized carbons (Fsp3) is 0.316. The fourth-order valence-electron chi connectivity index (χ4n) is 4.86. The quantitative estimate of drug-likeness (QED) is 0.450. The molecule has 2 aromatic carbocycles. The Morgan fingerprint density at radius 2 is 1.86 bits per heavy atom. The lowest BCUT2D eigenvalue weighted by Crippen LogP contribution is -2.54. The van der Waals surface area contributed by atoms with Gasteiger partial charge in [-0.05, 0) is 18.6 Å². The Hall–Kier alpha value is -3.49. The van der Waals surface area contributed by atoms with Crippen LogP contribution in [0.15, 0.2) is 36.4 Å². The number of hydrogen-bond acceptors (Lipinski definition) is 5. The number of nitro groups is 1. The van der Waals surface area contributed by atoms with E-state index in [0.29, 0.717) is 29.4 Å². The number of nitrogens with zero attached hydrogens (tertiary/aromatic N) is 4. The van der Waals surface area contributed by atoms with Crippen LogP contribution in [0.2, 0.25) is 0 Å². The van der Waals surface area contributed by atoms with Gasteiger partial charge in [0, 0.05) is 24.9 Å². The number of carbonyl (C=O) groups is 3. The van der Waals surface area contributed by atoms with Crippen molar-refractivity contribution in [2.75, 3.05) is 11.4 Å². The number of anilines is 1. The van der Waals surface area contributed by atoms with Gasteiger partial charge in [-0.15, -0.1) is 0 Å². The van der Waals surface area contributed by atoms with Crippen LogP contribution in [0.3, 0.4) is 0 Å². The van der Waals surface area contributed by atoms with Crippen LogP contribution in [0.1, 0.15) is 13.3 Å². The van der Waals surface area contributed by atoms with Crippen molar-refractivity contribution in [2.45, 2.75) is 31.5 Å². The van der Waals surface area contributed by atoms with Crippen molar-refractivity contribution >= 4 is 40.0 Å². The summed E-state index contributed by atoms with van der Waals surface area (Å²) in [7, 11) is 0. The summed E-state index contributed by atoms with van der Waals surface area (Å²) in [5, 5.41) is 12.2. The van der Waals surface area contributed by atoms with E-state index in [1.165, 1.54) is 19.1 Å². The molecule has 5 rings (SSSR count). The number of imide groups is 1. The molecule has 3 aliphatic heterocycles. The highest BCUT2D eigenvalue weighted by Crippen LogP contribution is 2.44. The van der Waals surface area contributed by atoms with Gasteiger partial charge in [-0.2, -0.15) is 0 Å². The molecule has 3 atom stereocenters. The minimum absolute atomic E-state index is 0.0817. The van der Waals surface area contributed by atoms with Crippen LogP contribution in [-0.4, -0.2) is 57.2 Å². The summed E-state index contributed by atoms with van der Waals surface area (Å²) in [4.78, 5) is 53.4. The molecule has 2 aromatic rings. The van der Waals surface area contributed by atoms with E-state index in [0.717, 1.165) is 4.90 Å². The number of hydrogen-bond donors (Lipinski definition) is 0. The zero-order valence-corrected chi connectivity index (χ0v) is 14.9. The highest BCUT2D eigenvalue weighted by molar-refractivity contribution is 6.25. The van der Waals surface area contributed by atoms with E-state index >= 15 is 0 Å². The highest BCUT2D eigenvalue weighted by atomic mass is 16.6. The van der Waals surface area contributed by atoms with Gasteiger partial charge in [-0.3, -0.25) is 19.7 Å². The molecule has 9 heteroatoms. The van der Waals surface area contributed by atoms with Crippen LogP contribution in [0.25, 0.3) is 10.8 Å². The largest absolute Gasteiger partial charge is 0.335 e. The van der Waals surface area contributed by atoms with E-state index in [1.54, 1.807) is 34.1 Å². The summed E-state index contributed by atoms with van der Waals surface area (Å²) < 4.78 is 0. The fourth-order valence-corrected chi connectivity index (χ4v) is 4.86. The van der Waals surface area contributed by atoms with E-state index < -0.39 is 17.0 Å². The molecule has 0 radical (unpaired) electrons. The molecule has 3 heterocycles. The highest BCUT2D eigenvalue weighted by Gasteiger charge is 2.62. The van der Waals surface area contributed by atoms with Crippen molar-refractivity contribution in [3.05, 3.63) is 46.5 Å². The van der Waals surface area contributed by atoms with Crippen LogP contribution < -0.4 is 4.90 Å². The number of carbonyl (C=O) groups excluding carboxylic acids is 3. The predicted octanol–water partition coefficient (Wildman–Crippen LogP) is 1.89. The molecule has 0 saturated carbocycles. The molecular formula is C19H16N4O5. The van der Waals surface area contributed by atoms with Gasteiger partial charge in [0.15, 0.2) is 0 Å². The Labute approximate surface area is 159 Å². The average molecular weight is 380 g/mol. The number of amides is 4. The molecule has 4 amide bonds. The first-order valence-corrected chi connectivity index (χ1v) is 8.99. The second kappa shape index (κ2) is 5.51. The maximum atomic E-state index is 13.2. The summed E-state index contributed by atoms with van der Waals surface area (Å²) in [6, 6.07) is 7.81. The van der Waals surface area contributed by atoms with E-state index in [1.807, 2.05) is 0 Å². The third kappa shape index (κ3) is 1.98. The second-order valence-corrected chi connectivity index (χ2v) is 7.34. The van der Waals surface area contributed by atoms with Gasteiger partial charge < -0.3 is 9.80 Å². The minimum Gasteiger partial charge on any atom is -0.335 e. The van der Waals surface area contributed by atoms with Crippen molar-refractivity contribution in [1.29, 1.82) is 0 Å². The van der Waals surface area contributed by atoms with Gasteiger partial charge in [0.2, 0.25) is 5.91 Å². The number of fused-ring (bicyclic) bond motifs is 6. The van der Waals surface area contributed by atoms with Crippen molar-refractivity contribution in [1.82, 2.24) is 9.80 Å². The Kier molecular flexibility index (Phi) is 3.28. The smallest absolute Gasteiger partial charge is 0.332 e. The minimum atomic E-state index is -0.691. The first kappa shape index (κ1) is 16.7. The number of rotatable bonds is 2. The third-order valence-electron chi connectivity index (χ3n) is 5.98. The number of nitro benzene ring substituents is 1. The summed E-state index contributed by atoms with van der Waals surface area (Å²) in [6.07, 6.45) is 0.608. The van der Waals surface area contributed by atoms with Gasteiger partial charge in [-0.1, -0.05) is 18.2 Å². The summed E-state index contributed by atoms with van der Waals surface area (Å²) >= 11 is 0. The standard InChI is InChI=1S/C19H16N4O5/c1-10(24)20-9-11-8-16(20)17-18(25)22(19(26)21(11)17)14-6-7-15(23(27)28)13-5-3-2-4-12(13)14/h2-7,11,16-17H,8-9H2,1H3. The first-order valence-electron chi connectivity index (χ1n) is 8.99. The zero-order chi connectivity index (χ0) is 19.7. The number of non-ortho nitro benzene ring substituents is 1. The van der Waals surface area contributed by atoms with Gasteiger partial charge in [0.25, 0.3) is 11.6 Å². The Morgan fingerprint density at radius 1 is 1.14 bits per heavy atom. The lowest BCUT2D eigenvalue weighted by molar-refractivity contribution is -0.383. The molecule has 3 aliphatic rings. The first-order chi connectivity index (χ1) is 13.4. The van der Waals surface area contributed by atoms with Gasteiger partial charge in [-0.25, -0.2) is 9.69 Å². The van der Waals surface area contributed by atoms with E-state index in [2.05, 4.69) is 0 Å². The van der Waals surface area contributed by atoms with Crippen LogP contribution in [0.4, 0.5) is 16.2 Å². The predicted molar refractivity (Wildman–Crippen MR) is 98.7 cm³/mol. The summed E-state index contributed by atoms with van der Waals surface area (Å²) in [5.74, 6) is -0.492. The van der Waals surface area contributed by atoms with Gasteiger partial charge in [0.05, 0.1) is 28.1 Å². The Morgan fingerprint density at radius 3 is 2.54 bits per heavy atom. The molecule has 0 aromatic heterocycles. The van der Waals surface area contributed by atoms with Crippen LogP contribution in [-0.2, 0) is 9.59 Å². The third-order valence-corrected chi connectivity index (χ3v) is 5.98. The van der Waals surface area contributed by atoms with Crippen molar-refractivity contribution in [3.63, 3.8) is 0 Å².